The predicted octanol–water partition coefficient (Wildman–Crippen LogP) is 4.23. The summed E-state index contributed by atoms with van der Waals surface area (Å²) in [6.45, 7) is 2.85. The lowest BCUT2D eigenvalue weighted by molar-refractivity contribution is 0.0724. The minimum absolute atomic E-state index is 0.0522. The minimum Gasteiger partial charge on any atom is -0.494 e. The molecule has 0 aromatic heterocycles. The van der Waals surface area contributed by atoms with Crippen LogP contribution in [0.4, 0.5) is 0 Å². The molecule has 0 atom stereocenters. The summed E-state index contributed by atoms with van der Waals surface area (Å²) in [5.41, 5.74) is 6.78. The number of amidine groups is 1. The van der Waals surface area contributed by atoms with Crippen LogP contribution in [0.15, 0.2) is 42.5 Å². The number of amides is 1. The van der Waals surface area contributed by atoms with E-state index in [1.807, 2.05) is 29.2 Å². The van der Waals surface area contributed by atoms with Crippen molar-refractivity contribution in [3.8, 4) is 17.2 Å². The van der Waals surface area contributed by atoms with Gasteiger partial charge in [0.05, 0.1) is 20.3 Å². The molecule has 7 heteroatoms. The van der Waals surface area contributed by atoms with Crippen LogP contribution in [0.1, 0.15) is 54.4 Å². The molecular formula is C25H33N3O4. The number of nitrogen functional groups attached to an aromatic ring is 1. The molecular weight excluding hydrogens is 406 g/mol. The average molecular weight is 440 g/mol. The first-order valence-electron chi connectivity index (χ1n) is 11.3. The second-order valence-electron chi connectivity index (χ2n) is 7.91. The van der Waals surface area contributed by atoms with Crippen LogP contribution in [-0.2, 0) is 0 Å². The Hall–Kier alpha value is -3.22. The maximum Gasteiger partial charge on any atom is 0.253 e. The van der Waals surface area contributed by atoms with Crippen LogP contribution >= 0.6 is 0 Å². The number of methoxy groups -OCH3 is 1. The molecule has 3 rings (SSSR count). The van der Waals surface area contributed by atoms with Crippen molar-refractivity contribution in [2.75, 3.05) is 33.4 Å². The highest BCUT2D eigenvalue weighted by Gasteiger charge is 2.19. The van der Waals surface area contributed by atoms with Gasteiger partial charge in [0.15, 0.2) is 11.5 Å². The first kappa shape index (κ1) is 23.4. The summed E-state index contributed by atoms with van der Waals surface area (Å²) in [5, 5.41) is 7.40. The molecule has 0 aliphatic carbocycles. The third-order valence-corrected chi connectivity index (χ3v) is 5.53. The molecule has 0 radical (unpaired) electrons. The van der Waals surface area contributed by atoms with Crippen LogP contribution in [0.25, 0.3) is 0 Å². The van der Waals surface area contributed by atoms with Crippen molar-refractivity contribution in [3.05, 3.63) is 53.6 Å². The maximum atomic E-state index is 12.7. The summed E-state index contributed by atoms with van der Waals surface area (Å²) >= 11 is 0. The van der Waals surface area contributed by atoms with Crippen molar-refractivity contribution in [1.29, 1.82) is 5.41 Å². The molecule has 172 valence electrons. The van der Waals surface area contributed by atoms with Crippen LogP contribution in [0.3, 0.4) is 0 Å². The number of nitrogens with one attached hydrogen (secondary N) is 1. The lowest BCUT2D eigenvalue weighted by Crippen LogP contribution is -2.35. The average Bonchev–Trinajstić information content (AvgIpc) is 2.83. The number of carbonyl (C=O) groups excluding carboxylic acids is 1. The molecule has 1 amide bonds. The van der Waals surface area contributed by atoms with Crippen molar-refractivity contribution in [2.45, 2.75) is 38.5 Å². The summed E-state index contributed by atoms with van der Waals surface area (Å²) in [5.74, 6) is 2.13. The standard InChI is InChI=1S/C25H33N3O4/c1-30-23-18-20(25(29)28-14-4-2-5-15-28)10-13-22(23)32-17-7-3-6-16-31-21-11-8-19(9-12-21)24(26)27/h8-13,18H,2-7,14-17H2,1H3,(H3,26,27). The fraction of sp³-hybridized carbons (Fsp3) is 0.440. The Labute approximate surface area is 190 Å². The molecule has 2 aromatic carbocycles. The van der Waals surface area contributed by atoms with Gasteiger partial charge in [-0.25, -0.2) is 0 Å². The number of piperidine rings is 1. The van der Waals surface area contributed by atoms with E-state index < -0.39 is 0 Å². The van der Waals surface area contributed by atoms with Crippen molar-refractivity contribution < 1.29 is 19.0 Å². The Morgan fingerprint density at radius 2 is 1.56 bits per heavy atom. The molecule has 0 saturated carbocycles. The molecule has 1 aliphatic heterocycles. The number of nitrogens with zero attached hydrogens (tertiary/aromatic N) is 1. The number of carbonyl (C=O) groups is 1. The Bertz CT molecular complexity index is 893. The quantitative estimate of drug-likeness (QED) is 0.310. The van der Waals surface area contributed by atoms with Crippen LogP contribution < -0.4 is 19.9 Å². The Morgan fingerprint density at radius 1 is 0.906 bits per heavy atom. The van der Waals surface area contributed by atoms with Gasteiger partial charge in [0.2, 0.25) is 0 Å². The molecule has 1 fully saturated rings. The fourth-order valence-electron chi connectivity index (χ4n) is 3.68. The van der Waals surface area contributed by atoms with E-state index in [1.54, 1.807) is 25.3 Å². The van der Waals surface area contributed by atoms with E-state index in [4.69, 9.17) is 25.4 Å². The van der Waals surface area contributed by atoms with E-state index in [9.17, 15) is 4.79 Å². The summed E-state index contributed by atoms with van der Waals surface area (Å²) in [6, 6.07) is 12.6. The third kappa shape index (κ3) is 6.64. The molecule has 1 saturated heterocycles. The second-order valence-corrected chi connectivity index (χ2v) is 7.91. The fourth-order valence-corrected chi connectivity index (χ4v) is 3.68. The Balaban J connectivity index is 1.37. The first-order valence-corrected chi connectivity index (χ1v) is 11.3. The highest BCUT2D eigenvalue weighted by atomic mass is 16.5. The highest BCUT2D eigenvalue weighted by molar-refractivity contribution is 5.95. The molecule has 0 spiro atoms. The molecule has 3 N–H and O–H groups in total. The van der Waals surface area contributed by atoms with Gasteiger partial charge in [-0.05, 0) is 81.0 Å². The van der Waals surface area contributed by atoms with Gasteiger partial charge in [-0.2, -0.15) is 0 Å². The molecule has 32 heavy (non-hydrogen) atoms. The summed E-state index contributed by atoms with van der Waals surface area (Å²) in [7, 11) is 1.59. The van der Waals surface area contributed by atoms with E-state index in [-0.39, 0.29) is 11.7 Å². The van der Waals surface area contributed by atoms with Gasteiger partial charge in [0.1, 0.15) is 11.6 Å². The molecule has 1 heterocycles. The van der Waals surface area contributed by atoms with E-state index in [1.165, 1.54) is 6.42 Å². The van der Waals surface area contributed by atoms with Crippen LogP contribution in [0.2, 0.25) is 0 Å². The molecule has 1 aliphatic rings. The number of nitrogens with two attached hydrogens (primary N) is 1. The number of hydrogen-bond acceptors (Lipinski definition) is 5. The van der Waals surface area contributed by atoms with Gasteiger partial charge in [-0.15, -0.1) is 0 Å². The van der Waals surface area contributed by atoms with Gasteiger partial charge < -0.3 is 24.8 Å². The SMILES string of the molecule is COc1cc(C(=O)N2CCCCC2)ccc1OCCCCCOc1ccc(C(=N)N)cc1. The highest BCUT2D eigenvalue weighted by Crippen LogP contribution is 2.29. The van der Waals surface area contributed by atoms with E-state index in [2.05, 4.69) is 0 Å². The number of rotatable bonds is 11. The predicted molar refractivity (Wildman–Crippen MR) is 125 cm³/mol. The topological polar surface area (TPSA) is 97.9 Å². The number of ether oxygens (including phenoxy) is 3. The smallest absolute Gasteiger partial charge is 0.253 e. The number of unbranched alkanes of at least 4 members (excludes halogenated alkanes) is 2. The normalized spacial score (nSPS) is 13.5. The lowest BCUT2D eigenvalue weighted by Gasteiger charge is -2.27. The van der Waals surface area contributed by atoms with Crippen molar-refractivity contribution >= 4 is 11.7 Å². The zero-order chi connectivity index (χ0) is 22.8. The number of likely N-dealkylation sites (tertiary alicyclic amines) is 1. The summed E-state index contributed by atoms with van der Waals surface area (Å²) in [4.78, 5) is 14.6. The lowest BCUT2D eigenvalue weighted by atomic mass is 10.1. The number of hydrogen-bond donors (Lipinski definition) is 2. The van der Waals surface area contributed by atoms with Crippen molar-refractivity contribution in [3.63, 3.8) is 0 Å². The van der Waals surface area contributed by atoms with Crippen molar-refractivity contribution in [2.24, 2.45) is 5.73 Å². The zero-order valence-electron chi connectivity index (χ0n) is 18.8. The van der Waals surface area contributed by atoms with Gasteiger partial charge in [-0.1, -0.05) is 0 Å². The summed E-state index contributed by atoms with van der Waals surface area (Å²) in [6.07, 6.45) is 6.12. The van der Waals surface area contributed by atoms with E-state index in [0.29, 0.717) is 35.8 Å². The van der Waals surface area contributed by atoms with Crippen LogP contribution in [-0.4, -0.2) is 50.1 Å². The van der Waals surface area contributed by atoms with Gasteiger partial charge in [0, 0.05) is 24.2 Å². The largest absolute Gasteiger partial charge is 0.494 e. The van der Waals surface area contributed by atoms with Crippen LogP contribution in [0.5, 0.6) is 17.2 Å². The maximum absolute atomic E-state index is 12.7. The second kappa shape index (κ2) is 12.0. The van der Waals surface area contributed by atoms with E-state index in [0.717, 1.165) is 50.9 Å². The zero-order valence-corrected chi connectivity index (χ0v) is 18.8. The monoisotopic (exact) mass is 439 g/mol. The first-order chi connectivity index (χ1) is 15.6. The number of benzene rings is 2. The Kier molecular flexibility index (Phi) is 8.78. The van der Waals surface area contributed by atoms with Gasteiger partial charge in [0.25, 0.3) is 5.91 Å². The molecule has 0 bridgehead atoms. The summed E-state index contributed by atoms with van der Waals surface area (Å²) < 4.78 is 17.1. The molecule has 2 aromatic rings. The molecule has 7 nitrogen and oxygen atoms in total. The van der Waals surface area contributed by atoms with Crippen LogP contribution in [0, 0.1) is 5.41 Å². The van der Waals surface area contributed by atoms with E-state index >= 15 is 0 Å². The minimum atomic E-state index is 0.0522. The Morgan fingerprint density at radius 3 is 2.22 bits per heavy atom. The third-order valence-electron chi connectivity index (χ3n) is 5.53. The van der Waals surface area contributed by atoms with Gasteiger partial charge in [-0.3, -0.25) is 10.2 Å². The van der Waals surface area contributed by atoms with Crippen molar-refractivity contribution in [1.82, 2.24) is 4.90 Å². The molecule has 0 unspecified atom stereocenters. The van der Waals surface area contributed by atoms with Gasteiger partial charge >= 0.3 is 0 Å².